The fourth-order valence-corrected chi connectivity index (χ4v) is 1.49. The van der Waals surface area contributed by atoms with E-state index in [0.717, 1.165) is 25.1 Å². The second-order valence-electron chi connectivity index (χ2n) is 3.28. The number of carbonyl (C=O) groups is 1. The maximum Gasteiger partial charge on any atom is 0.373 e. The van der Waals surface area contributed by atoms with Crippen molar-refractivity contribution < 1.29 is 9.90 Å². The van der Waals surface area contributed by atoms with Crippen LogP contribution in [0.3, 0.4) is 0 Å². The van der Waals surface area contributed by atoms with Gasteiger partial charge in [-0.2, -0.15) is 0 Å². The van der Waals surface area contributed by atoms with Gasteiger partial charge in [0.15, 0.2) is 0 Å². The van der Waals surface area contributed by atoms with Crippen LogP contribution in [0.1, 0.15) is 22.6 Å². The van der Waals surface area contributed by atoms with E-state index in [4.69, 9.17) is 5.11 Å². The predicted molar refractivity (Wildman–Crippen MR) is 54.5 cm³/mol. The number of aromatic nitrogens is 2. The van der Waals surface area contributed by atoms with Gasteiger partial charge < -0.3 is 10.4 Å². The van der Waals surface area contributed by atoms with E-state index in [-0.39, 0.29) is 5.82 Å². The molecule has 2 rings (SSSR count). The van der Waals surface area contributed by atoms with Gasteiger partial charge in [-0.1, -0.05) is 6.08 Å². The summed E-state index contributed by atoms with van der Waals surface area (Å²) < 4.78 is 0. The Labute approximate surface area is 86.9 Å². The molecule has 0 saturated heterocycles. The van der Waals surface area contributed by atoms with Crippen molar-refractivity contribution in [1.82, 2.24) is 15.3 Å². The van der Waals surface area contributed by atoms with E-state index < -0.39 is 5.97 Å². The molecule has 5 nitrogen and oxygen atoms in total. The van der Waals surface area contributed by atoms with Crippen molar-refractivity contribution in [1.29, 1.82) is 0 Å². The van der Waals surface area contributed by atoms with Crippen molar-refractivity contribution in [2.45, 2.75) is 6.42 Å². The van der Waals surface area contributed by atoms with Crippen LogP contribution in [0.4, 0.5) is 0 Å². The molecule has 2 heterocycles. The molecule has 1 aliphatic rings. The highest BCUT2D eigenvalue weighted by Gasteiger charge is 2.09. The first-order valence-electron chi connectivity index (χ1n) is 4.73. The average Bonchev–Trinajstić information content (AvgIpc) is 2.30. The molecule has 0 atom stereocenters. The third-order valence-corrected chi connectivity index (χ3v) is 2.28. The van der Waals surface area contributed by atoms with Crippen LogP contribution < -0.4 is 5.32 Å². The Hall–Kier alpha value is -1.75. The Balaban J connectivity index is 2.23. The van der Waals surface area contributed by atoms with Crippen LogP contribution in [-0.4, -0.2) is 34.1 Å². The van der Waals surface area contributed by atoms with Gasteiger partial charge in [-0.05, 0) is 18.5 Å². The van der Waals surface area contributed by atoms with Crippen molar-refractivity contribution in [3.8, 4) is 0 Å². The summed E-state index contributed by atoms with van der Waals surface area (Å²) in [5.74, 6) is -1.26. The Morgan fingerprint density at radius 1 is 1.40 bits per heavy atom. The number of hydrogen-bond donors (Lipinski definition) is 2. The van der Waals surface area contributed by atoms with Gasteiger partial charge in [0.25, 0.3) is 0 Å². The first kappa shape index (κ1) is 9.79. The summed E-state index contributed by atoms with van der Waals surface area (Å²) in [6.07, 6.45) is 6.12. The number of rotatable bonds is 2. The highest BCUT2D eigenvalue weighted by molar-refractivity contribution is 5.83. The molecule has 0 bridgehead atoms. The van der Waals surface area contributed by atoms with Crippen molar-refractivity contribution in [3.63, 3.8) is 0 Å². The van der Waals surface area contributed by atoms with Crippen molar-refractivity contribution in [2.75, 3.05) is 13.1 Å². The summed E-state index contributed by atoms with van der Waals surface area (Å²) in [6.45, 7) is 1.78. The van der Waals surface area contributed by atoms with Crippen LogP contribution in [0.15, 0.2) is 18.5 Å². The number of carboxylic acids is 1. The van der Waals surface area contributed by atoms with E-state index >= 15 is 0 Å². The first-order valence-corrected chi connectivity index (χ1v) is 4.73. The number of nitrogens with zero attached hydrogens (tertiary/aromatic N) is 2. The van der Waals surface area contributed by atoms with E-state index in [9.17, 15) is 4.79 Å². The van der Waals surface area contributed by atoms with Crippen molar-refractivity contribution in [3.05, 3.63) is 29.9 Å². The van der Waals surface area contributed by atoms with Gasteiger partial charge in [-0.3, -0.25) is 0 Å². The summed E-state index contributed by atoms with van der Waals surface area (Å²) in [4.78, 5) is 18.1. The lowest BCUT2D eigenvalue weighted by Gasteiger charge is -2.13. The van der Waals surface area contributed by atoms with Crippen LogP contribution >= 0.6 is 0 Å². The molecule has 1 aromatic rings. The molecule has 1 aliphatic heterocycles. The molecule has 0 fully saturated rings. The molecule has 0 aromatic carbocycles. The molecule has 78 valence electrons. The summed E-state index contributed by atoms with van der Waals surface area (Å²) >= 11 is 0. The molecule has 0 radical (unpaired) electrons. The van der Waals surface area contributed by atoms with Crippen LogP contribution in [0.5, 0.6) is 0 Å². The van der Waals surface area contributed by atoms with Gasteiger partial charge >= 0.3 is 5.97 Å². The average molecular weight is 205 g/mol. The molecular weight excluding hydrogens is 194 g/mol. The lowest BCUT2D eigenvalue weighted by Crippen LogP contribution is -2.20. The van der Waals surface area contributed by atoms with Gasteiger partial charge in [0.05, 0.1) is 0 Å². The molecule has 0 spiro atoms. The van der Waals surface area contributed by atoms with E-state index in [2.05, 4.69) is 21.4 Å². The predicted octanol–water partition coefficient (Wildman–Crippen LogP) is 0.551. The van der Waals surface area contributed by atoms with Crippen LogP contribution in [0.2, 0.25) is 0 Å². The molecule has 0 aliphatic carbocycles. The highest BCUT2D eigenvalue weighted by Crippen LogP contribution is 2.17. The summed E-state index contributed by atoms with van der Waals surface area (Å²) in [5, 5.41) is 11.8. The van der Waals surface area contributed by atoms with E-state index in [1.54, 1.807) is 12.4 Å². The molecule has 0 unspecified atom stereocenters. The zero-order valence-corrected chi connectivity index (χ0v) is 8.10. The van der Waals surface area contributed by atoms with Gasteiger partial charge in [0.1, 0.15) is 0 Å². The largest absolute Gasteiger partial charge is 0.475 e. The summed E-state index contributed by atoms with van der Waals surface area (Å²) in [5.41, 5.74) is 2.08. The van der Waals surface area contributed by atoms with Gasteiger partial charge in [0.2, 0.25) is 5.82 Å². The third-order valence-electron chi connectivity index (χ3n) is 2.28. The first-order chi connectivity index (χ1) is 7.27. The van der Waals surface area contributed by atoms with Gasteiger partial charge in [-0.25, -0.2) is 14.8 Å². The smallest absolute Gasteiger partial charge is 0.373 e. The highest BCUT2D eigenvalue weighted by atomic mass is 16.4. The SMILES string of the molecule is O=C(O)c1ncc(C2=CCNCC2)cn1. The lowest BCUT2D eigenvalue weighted by molar-refractivity contribution is 0.0683. The van der Waals surface area contributed by atoms with Gasteiger partial charge in [0, 0.05) is 24.5 Å². The zero-order valence-electron chi connectivity index (χ0n) is 8.10. The molecule has 1 aromatic heterocycles. The van der Waals surface area contributed by atoms with Crippen LogP contribution in [-0.2, 0) is 0 Å². The maximum atomic E-state index is 10.5. The van der Waals surface area contributed by atoms with E-state index in [0.29, 0.717) is 0 Å². The Morgan fingerprint density at radius 2 is 2.13 bits per heavy atom. The van der Waals surface area contributed by atoms with Crippen LogP contribution in [0.25, 0.3) is 5.57 Å². The van der Waals surface area contributed by atoms with E-state index in [1.165, 1.54) is 5.57 Å². The summed E-state index contributed by atoms with van der Waals surface area (Å²) in [6, 6.07) is 0. The Bertz CT molecular complexity index is 398. The minimum atomic E-state index is -1.10. The summed E-state index contributed by atoms with van der Waals surface area (Å²) in [7, 11) is 0. The molecule has 2 N–H and O–H groups in total. The molecule has 0 saturated carbocycles. The van der Waals surface area contributed by atoms with Crippen molar-refractivity contribution in [2.24, 2.45) is 0 Å². The number of carboxylic acid groups (broad SMARTS) is 1. The third kappa shape index (κ3) is 2.19. The van der Waals surface area contributed by atoms with Crippen molar-refractivity contribution >= 4 is 11.5 Å². The second-order valence-corrected chi connectivity index (χ2v) is 3.28. The maximum absolute atomic E-state index is 10.5. The van der Waals surface area contributed by atoms with Crippen LogP contribution in [0, 0.1) is 0 Å². The monoisotopic (exact) mass is 205 g/mol. The molecule has 0 amide bonds. The Morgan fingerprint density at radius 3 is 2.67 bits per heavy atom. The second kappa shape index (κ2) is 4.18. The molecular formula is C10H11N3O2. The minimum absolute atomic E-state index is 0.159. The topological polar surface area (TPSA) is 75.1 Å². The number of aromatic carboxylic acids is 1. The molecule has 5 heteroatoms. The number of hydrogen-bond acceptors (Lipinski definition) is 4. The van der Waals surface area contributed by atoms with Gasteiger partial charge in [-0.15, -0.1) is 0 Å². The normalized spacial score (nSPS) is 15.9. The fraction of sp³-hybridized carbons (Fsp3) is 0.300. The fourth-order valence-electron chi connectivity index (χ4n) is 1.49. The standard InChI is InChI=1S/C10H11N3O2/c14-10(15)9-12-5-8(6-13-9)7-1-3-11-4-2-7/h1,5-6,11H,2-4H2,(H,14,15). The number of nitrogens with one attached hydrogen (secondary N) is 1. The Kier molecular flexibility index (Phi) is 2.73. The lowest BCUT2D eigenvalue weighted by atomic mass is 10.0. The minimum Gasteiger partial charge on any atom is -0.475 e. The van der Waals surface area contributed by atoms with E-state index in [1.807, 2.05) is 0 Å². The zero-order chi connectivity index (χ0) is 10.7. The molecule has 15 heavy (non-hydrogen) atoms. The quantitative estimate of drug-likeness (QED) is 0.737.